The van der Waals surface area contributed by atoms with E-state index in [1.807, 2.05) is 6.92 Å². The summed E-state index contributed by atoms with van der Waals surface area (Å²) in [6.45, 7) is 6.27. The van der Waals surface area contributed by atoms with E-state index in [0.717, 1.165) is 30.3 Å². The Balaban J connectivity index is 3.81. The number of phosphoric acid groups is 1. The number of unbranched alkanes of at least 4 members (excludes halogenated alkanes) is 1. The highest BCUT2D eigenvalue weighted by Gasteiger charge is 2.23. The van der Waals surface area contributed by atoms with Crippen LogP contribution < -0.4 is 0 Å². The molecule has 0 aromatic heterocycles. The Morgan fingerprint density at radius 3 is 2.32 bits per heavy atom. The van der Waals surface area contributed by atoms with Gasteiger partial charge >= 0.3 is 7.82 Å². The van der Waals surface area contributed by atoms with Crippen molar-refractivity contribution in [1.29, 1.82) is 0 Å². The standard InChI is InChI=1S/C12H28NO5P/c1-5-7-8-13(3,4)9-11-17-19(14,15)18-12-16-10-6-2/h5-12H2,1-4H3/p+1. The van der Waals surface area contributed by atoms with Gasteiger partial charge in [-0.1, -0.05) is 20.3 Å². The van der Waals surface area contributed by atoms with Crippen molar-refractivity contribution in [2.45, 2.75) is 33.1 Å². The zero-order valence-electron chi connectivity index (χ0n) is 12.6. The van der Waals surface area contributed by atoms with Crippen LogP contribution in [0.4, 0.5) is 0 Å². The summed E-state index contributed by atoms with van der Waals surface area (Å²) >= 11 is 0. The first kappa shape index (κ1) is 19.0. The molecule has 1 unspecified atom stereocenters. The first-order valence-electron chi connectivity index (χ1n) is 6.84. The first-order chi connectivity index (χ1) is 8.83. The van der Waals surface area contributed by atoms with Crippen molar-refractivity contribution in [3.05, 3.63) is 0 Å². The van der Waals surface area contributed by atoms with Gasteiger partial charge in [0.2, 0.25) is 0 Å². The molecule has 1 N–H and O–H groups in total. The van der Waals surface area contributed by atoms with Crippen molar-refractivity contribution < 1.29 is 27.7 Å². The highest BCUT2D eigenvalue weighted by molar-refractivity contribution is 7.47. The van der Waals surface area contributed by atoms with Crippen molar-refractivity contribution in [3.8, 4) is 0 Å². The Labute approximate surface area is 116 Å². The van der Waals surface area contributed by atoms with Gasteiger partial charge in [0, 0.05) is 6.61 Å². The Bertz CT molecular complexity index is 273. The molecule has 0 aliphatic heterocycles. The fourth-order valence-electron chi connectivity index (χ4n) is 1.45. The van der Waals surface area contributed by atoms with Crippen LogP contribution in [0.1, 0.15) is 33.1 Å². The zero-order chi connectivity index (χ0) is 14.8. The molecule has 0 radical (unpaired) electrons. The summed E-state index contributed by atoms with van der Waals surface area (Å²) in [5.74, 6) is 0. The number of nitrogens with zero attached hydrogens (tertiary/aromatic N) is 1. The lowest BCUT2D eigenvalue weighted by Gasteiger charge is -2.29. The molecule has 0 saturated heterocycles. The van der Waals surface area contributed by atoms with Gasteiger partial charge < -0.3 is 14.1 Å². The molecule has 0 spiro atoms. The van der Waals surface area contributed by atoms with Crippen molar-refractivity contribution in [2.24, 2.45) is 0 Å². The second-order valence-corrected chi connectivity index (χ2v) is 6.65. The molecule has 0 aliphatic carbocycles. The number of hydrogen-bond donors (Lipinski definition) is 1. The third-order valence-corrected chi connectivity index (χ3v) is 3.66. The summed E-state index contributed by atoms with van der Waals surface area (Å²) < 4.78 is 26.9. The number of hydrogen-bond acceptors (Lipinski definition) is 4. The smallest absolute Gasteiger partial charge is 0.355 e. The maximum absolute atomic E-state index is 11.5. The minimum atomic E-state index is -3.98. The van der Waals surface area contributed by atoms with Crippen molar-refractivity contribution in [2.75, 3.05) is 47.2 Å². The molecule has 0 aromatic rings. The van der Waals surface area contributed by atoms with Crippen LogP contribution in [0.2, 0.25) is 0 Å². The molecular formula is C12H29NO5P+. The number of phosphoric ester groups is 1. The van der Waals surface area contributed by atoms with Crippen molar-refractivity contribution >= 4 is 7.82 Å². The zero-order valence-corrected chi connectivity index (χ0v) is 13.5. The summed E-state index contributed by atoms with van der Waals surface area (Å²) in [5, 5.41) is 0. The SMILES string of the molecule is CCCC[N+](C)(C)CCOP(=O)(O)OCOCCC. The molecule has 0 aliphatic rings. The van der Waals surface area contributed by atoms with Gasteiger partial charge in [-0.3, -0.25) is 9.05 Å². The summed E-state index contributed by atoms with van der Waals surface area (Å²) in [7, 11) is 0.172. The molecule has 116 valence electrons. The van der Waals surface area contributed by atoms with Crippen LogP contribution in [0.15, 0.2) is 0 Å². The van der Waals surface area contributed by atoms with E-state index in [0.29, 0.717) is 13.2 Å². The van der Waals surface area contributed by atoms with Crippen molar-refractivity contribution in [3.63, 3.8) is 0 Å². The average molecular weight is 298 g/mol. The molecule has 7 heteroatoms. The Morgan fingerprint density at radius 2 is 1.74 bits per heavy atom. The van der Waals surface area contributed by atoms with Crippen LogP contribution in [0.25, 0.3) is 0 Å². The molecule has 0 fully saturated rings. The summed E-state index contributed by atoms with van der Waals surface area (Å²) in [4.78, 5) is 9.41. The Morgan fingerprint density at radius 1 is 1.05 bits per heavy atom. The minimum absolute atomic E-state index is 0.193. The monoisotopic (exact) mass is 298 g/mol. The lowest BCUT2D eigenvalue weighted by molar-refractivity contribution is -0.890. The van der Waals surface area contributed by atoms with E-state index in [4.69, 9.17) is 9.26 Å². The molecule has 1 atom stereocenters. The summed E-state index contributed by atoms with van der Waals surface area (Å²) in [6, 6.07) is 0. The predicted octanol–water partition coefficient (Wildman–Crippen LogP) is 2.38. The second kappa shape index (κ2) is 9.86. The molecule has 0 heterocycles. The van der Waals surface area contributed by atoms with Crippen LogP contribution in [0.5, 0.6) is 0 Å². The summed E-state index contributed by atoms with van der Waals surface area (Å²) in [5.41, 5.74) is 0. The van der Waals surface area contributed by atoms with Crippen LogP contribution in [0, 0.1) is 0 Å². The molecule has 0 bridgehead atoms. The molecule has 6 nitrogen and oxygen atoms in total. The fourth-order valence-corrected chi connectivity index (χ4v) is 2.04. The highest BCUT2D eigenvalue weighted by Crippen LogP contribution is 2.42. The molecule has 0 saturated carbocycles. The Hall–Kier alpha value is 0.0300. The lowest BCUT2D eigenvalue weighted by atomic mass is 10.3. The number of rotatable bonds is 12. The van der Waals surface area contributed by atoms with Crippen LogP contribution in [-0.4, -0.2) is 56.6 Å². The average Bonchev–Trinajstić information content (AvgIpc) is 2.32. The van der Waals surface area contributed by atoms with E-state index in [2.05, 4.69) is 25.5 Å². The highest BCUT2D eigenvalue weighted by atomic mass is 31.2. The third kappa shape index (κ3) is 11.5. The van der Waals surface area contributed by atoms with Crippen molar-refractivity contribution in [1.82, 2.24) is 0 Å². The van der Waals surface area contributed by atoms with Gasteiger partial charge in [-0.15, -0.1) is 0 Å². The van der Waals surface area contributed by atoms with E-state index in [-0.39, 0.29) is 13.4 Å². The first-order valence-corrected chi connectivity index (χ1v) is 8.34. The largest absolute Gasteiger partial charge is 0.474 e. The second-order valence-electron chi connectivity index (χ2n) is 5.19. The van der Waals surface area contributed by atoms with E-state index in [1.54, 1.807) is 0 Å². The number of quaternary nitrogens is 1. The quantitative estimate of drug-likeness (QED) is 0.259. The van der Waals surface area contributed by atoms with Crippen LogP contribution in [-0.2, 0) is 18.3 Å². The van der Waals surface area contributed by atoms with Gasteiger partial charge in [0.15, 0.2) is 6.79 Å². The van der Waals surface area contributed by atoms with Crippen LogP contribution in [0.3, 0.4) is 0 Å². The van der Waals surface area contributed by atoms with Gasteiger partial charge in [0.25, 0.3) is 0 Å². The van der Waals surface area contributed by atoms with Gasteiger partial charge in [-0.2, -0.15) is 0 Å². The van der Waals surface area contributed by atoms with E-state index < -0.39 is 7.82 Å². The topological polar surface area (TPSA) is 65.0 Å². The van der Waals surface area contributed by atoms with Gasteiger partial charge in [-0.25, -0.2) is 4.57 Å². The fraction of sp³-hybridized carbons (Fsp3) is 1.00. The molecule has 0 aromatic carbocycles. The van der Waals surface area contributed by atoms with Gasteiger partial charge in [0.1, 0.15) is 13.2 Å². The normalized spacial score (nSPS) is 15.4. The van der Waals surface area contributed by atoms with E-state index >= 15 is 0 Å². The minimum Gasteiger partial charge on any atom is -0.355 e. The maximum Gasteiger partial charge on any atom is 0.474 e. The van der Waals surface area contributed by atoms with Crippen LogP contribution >= 0.6 is 7.82 Å². The molecule has 0 rings (SSSR count). The van der Waals surface area contributed by atoms with Gasteiger partial charge in [-0.05, 0) is 12.8 Å². The Kier molecular flexibility index (Phi) is 9.87. The van der Waals surface area contributed by atoms with Gasteiger partial charge in [0.05, 0.1) is 20.6 Å². The molecule has 19 heavy (non-hydrogen) atoms. The molecule has 0 amide bonds. The predicted molar refractivity (Wildman–Crippen MR) is 74.7 cm³/mol. The van der Waals surface area contributed by atoms with E-state index in [1.165, 1.54) is 0 Å². The lowest BCUT2D eigenvalue weighted by Crippen LogP contribution is -2.42. The number of ether oxygens (including phenoxy) is 1. The third-order valence-electron chi connectivity index (χ3n) is 2.72. The number of likely N-dealkylation sites (N-methyl/N-ethyl adjacent to an activating group) is 1. The maximum atomic E-state index is 11.5. The van der Waals surface area contributed by atoms with E-state index in [9.17, 15) is 9.46 Å². The summed E-state index contributed by atoms with van der Waals surface area (Å²) in [6.07, 6.45) is 3.10. The molecular weight excluding hydrogens is 269 g/mol.